The zero-order valence-corrected chi connectivity index (χ0v) is 13.3. The van der Waals surface area contributed by atoms with E-state index in [4.69, 9.17) is 4.74 Å². The van der Waals surface area contributed by atoms with Gasteiger partial charge in [0, 0.05) is 36.1 Å². The van der Waals surface area contributed by atoms with Crippen molar-refractivity contribution in [3.05, 3.63) is 54.1 Å². The molecule has 0 aliphatic rings. The van der Waals surface area contributed by atoms with Crippen molar-refractivity contribution < 1.29 is 9.53 Å². The molecule has 2 aromatic carbocycles. The van der Waals surface area contributed by atoms with Gasteiger partial charge in [-0.05, 0) is 44.2 Å². The second-order valence-electron chi connectivity index (χ2n) is 4.92. The second-order valence-corrected chi connectivity index (χ2v) is 4.92. The van der Waals surface area contributed by atoms with Crippen molar-refractivity contribution >= 4 is 17.3 Å². The van der Waals surface area contributed by atoms with Crippen molar-refractivity contribution in [2.24, 2.45) is 0 Å². The third kappa shape index (κ3) is 3.79. The zero-order chi connectivity index (χ0) is 15.9. The molecule has 2 aromatic rings. The van der Waals surface area contributed by atoms with Gasteiger partial charge in [0.1, 0.15) is 5.75 Å². The van der Waals surface area contributed by atoms with Gasteiger partial charge in [0.25, 0.3) is 5.91 Å². The fourth-order valence-electron chi connectivity index (χ4n) is 2.29. The largest absolute Gasteiger partial charge is 0.497 e. The second kappa shape index (κ2) is 7.50. The van der Waals surface area contributed by atoms with Crippen molar-refractivity contribution in [1.82, 2.24) is 4.90 Å². The number of anilines is 2. The summed E-state index contributed by atoms with van der Waals surface area (Å²) in [5.74, 6) is 0.847. The number of rotatable bonds is 6. The van der Waals surface area contributed by atoms with E-state index in [9.17, 15) is 4.79 Å². The Morgan fingerprint density at radius 1 is 1.05 bits per heavy atom. The number of nitrogens with zero attached hydrogens (tertiary/aromatic N) is 1. The van der Waals surface area contributed by atoms with Crippen molar-refractivity contribution in [2.75, 3.05) is 25.5 Å². The molecule has 0 aromatic heterocycles. The normalized spacial score (nSPS) is 10.1. The minimum absolute atomic E-state index is 0.0549. The van der Waals surface area contributed by atoms with Gasteiger partial charge in [0.2, 0.25) is 0 Å². The van der Waals surface area contributed by atoms with E-state index in [0.717, 1.165) is 17.1 Å². The molecule has 0 bridgehead atoms. The summed E-state index contributed by atoms with van der Waals surface area (Å²) in [6.07, 6.45) is 0. The summed E-state index contributed by atoms with van der Waals surface area (Å²) in [7, 11) is 1.64. The molecule has 4 nitrogen and oxygen atoms in total. The molecule has 0 aliphatic carbocycles. The van der Waals surface area contributed by atoms with E-state index in [0.29, 0.717) is 18.7 Å². The van der Waals surface area contributed by atoms with Crippen LogP contribution in [-0.4, -0.2) is 31.0 Å². The van der Waals surface area contributed by atoms with E-state index in [1.807, 2.05) is 67.3 Å². The van der Waals surface area contributed by atoms with Gasteiger partial charge in [-0.3, -0.25) is 4.79 Å². The van der Waals surface area contributed by atoms with Crippen LogP contribution in [0.2, 0.25) is 0 Å². The Hall–Kier alpha value is -2.49. The summed E-state index contributed by atoms with van der Waals surface area (Å²) in [6, 6.07) is 15.2. The van der Waals surface area contributed by atoms with Crippen molar-refractivity contribution in [3.8, 4) is 5.75 Å². The van der Waals surface area contributed by atoms with Crippen molar-refractivity contribution in [3.63, 3.8) is 0 Å². The van der Waals surface area contributed by atoms with Crippen LogP contribution in [0.5, 0.6) is 5.75 Å². The maximum atomic E-state index is 12.4. The third-order valence-corrected chi connectivity index (χ3v) is 3.52. The van der Waals surface area contributed by atoms with E-state index in [1.54, 1.807) is 7.11 Å². The van der Waals surface area contributed by atoms with Gasteiger partial charge in [0.15, 0.2) is 0 Å². The Labute approximate surface area is 131 Å². The van der Waals surface area contributed by atoms with E-state index < -0.39 is 0 Å². The lowest BCUT2D eigenvalue weighted by Crippen LogP contribution is -2.30. The highest BCUT2D eigenvalue weighted by Crippen LogP contribution is 2.22. The third-order valence-electron chi connectivity index (χ3n) is 3.52. The Morgan fingerprint density at radius 3 is 2.32 bits per heavy atom. The Bertz CT molecular complexity index is 636. The molecule has 0 radical (unpaired) electrons. The SMILES string of the molecule is CCN(CC)C(=O)c1cccc(Nc2cccc(OC)c2)c1. The number of nitrogens with one attached hydrogen (secondary N) is 1. The summed E-state index contributed by atoms with van der Waals surface area (Å²) in [5, 5.41) is 3.30. The molecule has 0 saturated carbocycles. The minimum Gasteiger partial charge on any atom is -0.497 e. The lowest BCUT2D eigenvalue weighted by molar-refractivity contribution is 0.0773. The van der Waals surface area contributed by atoms with Crippen LogP contribution in [0.15, 0.2) is 48.5 Å². The molecular formula is C18H22N2O2. The van der Waals surface area contributed by atoms with Gasteiger partial charge < -0.3 is 15.0 Å². The predicted molar refractivity (Wildman–Crippen MR) is 90.0 cm³/mol. The van der Waals surface area contributed by atoms with Crippen LogP contribution >= 0.6 is 0 Å². The highest BCUT2D eigenvalue weighted by atomic mass is 16.5. The number of methoxy groups -OCH3 is 1. The summed E-state index contributed by atoms with van der Waals surface area (Å²) in [4.78, 5) is 14.2. The first-order chi connectivity index (χ1) is 10.7. The molecule has 0 saturated heterocycles. The van der Waals surface area contributed by atoms with Crippen molar-refractivity contribution in [1.29, 1.82) is 0 Å². The fourth-order valence-corrected chi connectivity index (χ4v) is 2.29. The van der Waals surface area contributed by atoms with Gasteiger partial charge in [-0.15, -0.1) is 0 Å². The lowest BCUT2D eigenvalue weighted by atomic mass is 10.1. The van der Waals surface area contributed by atoms with E-state index in [-0.39, 0.29) is 5.91 Å². The molecule has 0 fully saturated rings. The number of carbonyl (C=O) groups excluding carboxylic acids is 1. The highest BCUT2D eigenvalue weighted by molar-refractivity contribution is 5.95. The predicted octanol–water partition coefficient (Wildman–Crippen LogP) is 3.92. The number of amides is 1. The average molecular weight is 298 g/mol. The smallest absolute Gasteiger partial charge is 0.253 e. The maximum Gasteiger partial charge on any atom is 0.253 e. The maximum absolute atomic E-state index is 12.4. The first-order valence-electron chi connectivity index (χ1n) is 7.48. The van der Waals surface area contributed by atoms with Crippen LogP contribution in [0, 0.1) is 0 Å². The van der Waals surface area contributed by atoms with E-state index in [2.05, 4.69) is 5.32 Å². The molecule has 116 valence electrons. The highest BCUT2D eigenvalue weighted by Gasteiger charge is 2.12. The first kappa shape index (κ1) is 15.9. The fraction of sp³-hybridized carbons (Fsp3) is 0.278. The molecular weight excluding hydrogens is 276 g/mol. The van der Waals surface area contributed by atoms with Crippen LogP contribution in [0.25, 0.3) is 0 Å². The molecule has 0 spiro atoms. The van der Waals surface area contributed by atoms with Crippen LogP contribution in [-0.2, 0) is 0 Å². The molecule has 0 heterocycles. The Balaban J connectivity index is 2.19. The van der Waals surface area contributed by atoms with Gasteiger partial charge in [-0.25, -0.2) is 0 Å². The Kier molecular flexibility index (Phi) is 5.42. The summed E-state index contributed by atoms with van der Waals surface area (Å²) in [6.45, 7) is 5.39. The molecule has 0 unspecified atom stereocenters. The van der Waals surface area contributed by atoms with Gasteiger partial charge in [-0.2, -0.15) is 0 Å². The number of carbonyl (C=O) groups is 1. The summed E-state index contributed by atoms with van der Waals surface area (Å²) >= 11 is 0. The number of hydrogen-bond donors (Lipinski definition) is 1. The molecule has 1 amide bonds. The Morgan fingerprint density at radius 2 is 1.68 bits per heavy atom. The van der Waals surface area contributed by atoms with Gasteiger partial charge in [-0.1, -0.05) is 12.1 Å². The first-order valence-corrected chi connectivity index (χ1v) is 7.48. The minimum atomic E-state index is 0.0549. The number of hydrogen-bond acceptors (Lipinski definition) is 3. The quantitative estimate of drug-likeness (QED) is 0.879. The van der Waals surface area contributed by atoms with E-state index in [1.165, 1.54) is 0 Å². The molecule has 2 rings (SSSR count). The molecule has 0 atom stereocenters. The van der Waals surface area contributed by atoms with Crippen LogP contribution in [0.3, 0.4) is 0 Å². The van der Waals surface area contributed by atoms with Crippen LogP contribution in [0.1, 0.15) is 24.2 Å². The molecule has 1 N–H and O–H groups in total. The molecule has 0 aliphatic heterocycles. The number of benzene rings is 2. The monoisotopic (exact) mass is 298 g/mol. The number of ether oxygens (including phenoxy) is 1. The van der Waals surface area contributed by atoms with Crippen LogP contribution < -0.4 is 10.1 Å². The van der Waals surface area contributed by atoms with Gasteiger partial charge >= 0.3 is 0 Å². The summed E-state index contributed by atoms with van der Waals surface area (Å²) in [5.41, 5.74) is 2.50. The van der Waals surface area contributed by atoms with Crippen LogP contribution in [0.4, 0.5) is 11.4 Å². The van der Waals surface area contributed by atoms with E-state index >= 15 is 0 Å². The topological polar surface area (TPSA) is 41.6 Å². The summed E-state index contributed by atoms with van der Waals surface area (Å²) < 4.78 is 5.21. The lowest BCUT2D eigenvalue weighted by Gasteiger charge is -2.19. The zero-order valence-electron chi connectivity index (χ0n) is 13.3. The molecule has 22 heavy (non-hydrogen) atoms. The van der Waals surface area contributed by atoms with Crippen molar-refractivity contribution in [2.45, 2.75) is 13.8 Å². The standard InChI is InChI=1S/C18H22N2O2/c1-4-20(5-2)18(21)14-8-6-9-15(12-14)19-16-10-7-11-17(13-16)22-3/h6-13,19H,4-5H2,1-3H3. The van der Waals surface area contributed by atoms with Gasteiger partial charge in [0.05, 0.1) is 7.11 Å². The average Bonchev–Trinajstić information content (AvgIpc) is 2.56. The molecule has 4 heteroatoms.